The molecular formula is C16H31NO2. The number of nitrogens with one attached hydrogen (secondary N) is 1. The Morgan fingerprint density at radius 1 is 1.00 bits per heavy atom. The molecule has 1 aliphatic carbocycles. The molecule has 1 N–H and O–H groups in total. The summed E-state index contributed by atoms with van der Waals surface area (Å²) in [5.41, 5.74) is 0. The molecule has 3 nitrogen and oxygen atoms in total. The molecule has 0 aromatic rings. The van der Waals surface area contributed by atoms with Crippen LogP contribution in [0.4, 0.5) is 0 Å². The van der Waals surface area contributed by atoms with E-state index in [1.54, 1.807) is 0 Å². The highest BCUT2D eigenvalue weighted by molar-refractivity contribution is 4.86. The summed E-state index contributed by atoms with van der Waals surface area (Å²) in [5, 5.41) is 3.78. The van der Waals surface area contributed by atoms with Gasteiger partial charge < -0.3 is 14.8 Å². The molecule has 0 atom stereocenters. The fourth-order valence-electron chi connectivity index (χ4n) is 3.59. The third-order valence-electron chi connectivity index (χ3n) is 4.92. The van der Waals surface area contributed by atoms with Crippen LogP contribution in [0.25, 0.3) is 0 Å². The normalized spacial score (nSPS) is 24.2. The quantitative estimate of drug-likeness (QED) is 0.831. The maximum atomic E-state index is 5.78. The molecule has 19 heavy (non-hydrogen) atoms. The van der Waals surface area contributed by atoms with Crippen molar-refractivity contribution in [3.05, 3.63) is 0 Å². The Morgan fingerprint density at radius 2 is 1.53 bits per heavy atom. The molecule has 1 saturated heterocycles. The van der Waals surface area contributed by atoms with Gasteiger partial charge in [0.15, 0.2) is 5.79 Å². The minimum atomic E-state index is -0.215. The first-order chi connectivity index (χ1) is 9.02. The van der Waals surface area contributed by atoms with Gasteiger partial charge >= 0.3 is 0 Å². The molecule has 0 amide bonds. The zero-order valence-corrected chi connectivity index (χ0v) is 13.1. The lowest BCUT2D eigenvalue weighted by Crippen LogP contribution is -2.44. The molecule has 0 aromatic heterocycles. The van der Waals surface area contributed by atoms with E-state index in [0.717, 1.165) is 50.4 Å². The van der Waals surface area contributed by atoms with E-state index < -0.39 is 0 Å². The third kappa shape index (κ3) is 3.93. The third-order valence-corrected chi connectivity index (χ3v) is 4.92. The van der Waals surface area contributed by atoms with E-state index in [-0.39, 0.29) is 5.79 Å². The van der Waals surface area contributed by atoms with Gasteiger partial charge in [0.05, 0.1) is 13.2 Å². The molecule has 0 aromatic carbocycles. The van der Waals surface area contributed by atoms with Gasteiger partial charge in [-0.05, 0) is 37.1 Å². The summed E-state index contributed by atoms with van der Waals surface area (Å²) in [6, 6.07) is 0.651. The molecule has 2 rings (SSSR count). The summed E-state index contributed by atoms with van der Waals surface area (Å²) in [5.74, 6) is 2.07. The maximum absolute atomic E-state index is 5.78. The largest absolute Gasteiger partial charge is 0.348 e. The van der Waals surface area contributed by atoms with Crippen molar-refractivity contribution in [1.82, 2.24) is 5.32 Å². The van der Waals surface area contributed by atoms with Crippen molar-refractivity contribution < 1.29 is 9.47 Å². The minimum absolute atomic E-state index is 0.215. The Balaban J connectivity index is 1.73. The lowest BCUT2D eigenvalue weighted by molar-refractivity contribution is -0.179. The summed E-state index contributed by atoms with van der Waals surface area (Å²) in [7, 11) is 0. The number of hydrogen-bond donors (Lipinski definition) is 1. The molecule has 3 heteroatoms. The Hall–Kier alpha value is -0.120. The fourth-order valence-corrected chi connectivity index (χ4v) is 3.59. The standard InChI is InChI=1S/C16H31NO2/c1-12(2)15(13(3)4)11-17-14-5-7-16(8-6-14)18-9-10-19-16/h12-15,17H,5-11H2,1-4H3. The molecule has 112 valence electrons. The van der Waals surface area contributed by atoms with Crippen LogP contribution in [-0.2, 0) is 9.47 Å². The lowest BCUT2D eigenvalue weighted by Gasteiger charge is -2.37. The summed E-state index contributed by atoms with van der Waals surface area (Å²) < 4.78 is 11.6. The summed E-state index contributed by atoms with van der Waals surface area (Å²) in [4.78, 5) is 0. The van der Waals surface area contributed by atoms with Crippen LogP contribution in [0.5, 0.6) is 0 Å². The van der Waals surface area contributed by atoms with Gasteiger partial charge in [-0.15, -0.1) is 0 Å². The summed E-state index contributed by atoms with van der Waals surface area (Å²) in [6.45, 7) is 12.0. The number of rotatable bonds is 5. The highest BCUT2D eigenvalue weighted by Gasteiger charge is 2.40. The average Bonchev–Trinajstić information content (AvgIpc) is 2.80. The topological polar surface area (TPSA) is 30.5 Å². The predicted octanol–water partition coefficient (Wildman–Crippen LogP) is 3.19. The van der Waals surface area contributed by atoms with Crippen molar-refractivity contribution in [3.8, 4) is 0 Å². The van der Waals surface area contributed by atoms with E-state index in [9.17, 15) is 0 Å². The molecule has 1 aliphatic heterocycles. The van der Waals surface area contributed by atoms with Gasteiger partial charge in [0.25, 0.3) is 0 Å². The molecule has 0 unspecified atom stereocenters. The second kappa shape index (κ2) is 6.55. The highest BCUT2D eigenvalue weighted by atomic mass is 16.7. The SMILES string of the molecule is CC(C)C(CNC1CCC2(CC1)OCCO2)C(C)C. The second-order valence-electron chi connectivity index (χ2n) is 6.94. The van der Waals surface area contributed by atoms with Gasteiger partial charge in [0, 0.05) is 18.9 Å². The van der Waals surface area contributed by atoms with Crippen molar-refractivity contribution in [2.45, 2.75) is 65.2 Å². The van der Waals surface area contributed by atoms with Crippen LogP contribution in [0, 0.1) is 17.8 Å². The van der Waals surface area contributed by atoms with E-state index in [0.29, 0.717) is 6.04 Å². The van der Waals surface area contributed by atoms with Gasteiger partial charge in [-0.25, -0.2) is 0 Å². The van der Waals surface area contributed by atoms with Crippen molar-refractivity contribution in [3.63, 3.8) is 0 Å². The van der Waals surface area contributed by atoms with E-state index in [2.05, 4.69) is 33.0 Å². The molecule has 1 heterocycles. The van der Waals surface area contributed by atoms with Gasteiger partial charge in [-0.1, -0.05) is 27.7 Å². The Morgan fingerprint density at radius 3 is 2.00 bits per heavy atom. The first kappa shape index (κ1) is 15.3. The number of ether oxygens (including phenoxy) is 2. The van der Waals surface area contributed by atoms with E-state index >= 15 is 0 Å². The molecule has 1 saturated carbocycles. The smallest absolute Gasteiger partial charge is 0.168 e. The maximum Gasteiger partial charge on any atom is 0.168 e. The molecule has 2 fully saturated rings. The second-order valence-corrected chi connectivity index (χ2v) is 6.94. The molecule has 1 spiro atoms. The Kier molecular flexibility index (Phi) is 5.27. The molecule has 0 radical (unpaired) electrons. The Bertz CT molecular complexity index is 254. The van der Waals surface area contributed by atoms with Crippen LogP contribution in [0.2, 0.25) is 0 Å². The first-order valence-corrected chi connectivity index (χ1v) is 8.04. The highest BCUT2D eigenvalue weighted by Crippen LogP contribution is 2.35. The minimum Gasteiger partial charge on any atom is -0.348 e. The molecular weight excluding hydrogens is 238 g/mol. The predicted molar refractivity (Wildman–Crippen MR) is 78.1 cm³/mol. The molecule has 2 aliphatic rings. The van der Waals surface area contributed by atoms with Crippen molar-refractivity contribution in [2.75, 3.05) is 19.8 Å². The Labute approximate surface area is 118 Å². The fraction of sp³-hybridized carbons (Fsp3) is 1.00. The zero-order chi connectivity index (χ0) is 13.9. The van der Waals surface area contributed by atoms with Crippen molar-refractivity contribution >= 4 is 0 Å². The van der Waals surface area contributed by atoms with Crippen molar-refractivity contribution in [2.24, 2.45) is 17.8 Å². The van der Waals surface area contributed by atoms with Gasteiger partial charge in [0.1, 0.15) is 0 Å². The monoisotopic (exact) mass is 269 g/mol. The van der Waals surface area contributed by atoms with Crippen LogP contribution >= 0.6 is 0 Å². The first-order valence-electron chi connectivity index (χ1n) is 8.04. The van der Waals surface area contributed by atoms with Gasteiger partial charge in [-0.3, -0.25) is 0 Å². The summed E-state index contributed by atoms with van der Waals surface area (Å²) in [6.07, 6.45) is 4.48. The van der Waals surface area contributed by atoms with Gasteiger partial charge in [0.2, 0.25) is 0 Å². The average molecular weight is 269 g/mol. The van der Waals surface area contributed by atoms with Crippen LogP contribution in [-0.4, -0.2) is 31.6 Å². The van der Waals surface area contributed by atoms with Crippen LogP contribution in [0.3, 0.4) is 0 Å². The van der Waals surface area contributed by atoms with Crippen LogP contribution < -0.4 is 5.32 Å². The van der Waals surface area contributed by atoms with E-state index in [1.165, 1.54) is 12.8 Å². The lowest BCUT2D eigenvalue weighted by atomic mass is 9.84. The van der Waals surface area contributed by atoms with Crippen LogP contribution in [0.15, 0.2) is 0 Å². The molecule has 0 bridgehead atoms. The summed E-state index contributed by atoms with van der Waals surface area (Å²) >= 11 is 0. The zero-order valence-electron chi connectivity index (χ0n) is 13.1. The van der Waals surface area contributed by atoms with E-state index in [4.69, 9.17) is 9.47 Å². The van der Waals surface area contributed by atoms with Crippen LogP contribution in [0.1, 0.15) is 53.4 Å². The van der Waals surface area contributed by atoms with E-state index in [1.807, 2.05) is 0 Å². The number of hydrogen-bond acceptors (Lipinski definition) is 3. The van der Waals surface area contributed by atoms with Crippen molar-refractivity contribution in [1.29, 1.82) is 0 Å². The van der Waals surface area contributed by atoms with Gasteiger partial charge in [-0.2, -0.15) is 0 Å².